The molecule has 2 heterocycles. The molecule has 0 spiro atoms. The first kappa shape index (κ1) is 36.8. The van der Waals surface area contributed by atoms with Crippen molar-refractivity contribution in [2.24, 2.45) is 23.1 Å². The minimum absolute atomic E-state index is 0.00236. The van der Waals surface area contributed by atoms with Crippen LogP contribution < -0.4 is 27.8 Å². The van der Waals surface area contributed by atoms with E-state index in [2.05, 4.69) is 10.6 Å². The lowest BCUT2D eigenvalue weighted by Gasteiger charge is -2.49. The highest BCUT2D eigenvalue weighted by molar-refractivity contribution is 5.01. The molecule has 3 fully saturated rings. The summed E-state index contributed by atoms with van der Waals surface area (Å²) in [6.07, 6.45) is -13.5. The molecule has 2 saturated heterocycles. The van der Waals surface area contributed by atoms with Gasteiger partial charge >= 0.3 is 0 Å². The van der Waals surface area contributed by atoms with E-state index in [-0.39, 0.29) is 45.7 Å². The second kappa shape index (κ2) is 16.2. The van der Waals surface area contributed by atoms with Gasteiger partial charge in [0.2, 0.25) is 0 Å². The summed E-state index contributed by atoms with van der Waals surface area (Å²) in [5.41, 5.74) is 16.3. The first-order valence-electron chi connectivity index (χ1n) is 14.8. The van der Waals surface area contributed by atoms with E-state index >= 15 is 0 Å². The van der Waals surface area contributed by atoms with Crippen LogP contribution in [0.2, 0.25) is 0 Å². The van der Waals surface area contributed by atoms with Gasteiger partial charge in [0, 0.05) is 31.7 Å². The van der Waals surface area contributed by atoms with Gasteiger partial charge in [0.15, 0.2) is 12.6 Å². The molecule has 0 bridgehead atoms. The zero-order valence-electron chi connectivity index (χ0n) is 24.8. The number of likely N-dealkylation sites (N-methyl/N-ethyl adjacent to an activating group) is 1. The maximum absolute atomic E-state index is 11.5. The Morgan fingerprint density at radius 1 is 1.00 bits per heavy atom. The molecule has 16 atom stereocenters. The summed E-state index contributed by atoms with van der Waals surface area (Å²) in [5, 5.41) is 89.7. The highest BCUT2D eigenvalue weighted by Gasteiger charge is 2.52. The van der Waals surface area contributed by atoms with Crippen LogP contribution in [0.1, 0.15) is 26.2 Å². The zero-order valence-corrected chi connectivity index (χ0v) is 24.8. The molecule has 3 unspecified atom stereocenters. The fourth-order valence-corrected chi connectivity index (χ4v) is 6.06. The second-order valence-corrected chi connectivity index (χ2v) is 12.2. The number of nitrogens with one attached hydrogen (secondary N) is 2. The molecule has 43 heavy (non-hydrogen) atoms. The third-order valence-electron chi connectivity index (χ3n) is 8.66. The van der Waals surface area contributed by atoms with E-state index in [1.54, 1.807) is 7.05 Å². The summed E-state index contributed by atoms with van der Waals surface area (Å²) in [6, 6.07) is -2.18. The average Bonchev–Trinajstić information content (AvgIpc) is 2.97. The minimum atomic E-state index is -1.69. The van der Waals surface area contributed by atoms with Gasteiger partial charge in [-0.1, -0.05) is 0 Å². The molecule has 16 N–H and O–H groups in total. The smallest absolute Gasteiger partial charge is 0.187 e. The number of hydrogen-bond acceptors (Lipinski definition) is 17. The van der Waals surface area contributed by atoms with Gasteiger partial charge in [-0.25, -0.2) is 0 Å². The molecule has 0 aromatic rings. The van der Waals surface area contributed by atoms with Crippen LogP contribution in [0.4, 0.5) is 0 Å². The topological polar surface area (TPSA) is 301 Å². The summed E-state index contributed by atoms with van der Waals surface area (Å²) < 4.78 is 23.5. The van der Waals surface area contributed by atoms with Crippen LogP contribution >= 0.6 is 0 Å². The highest BCUT2D eigenvalue weighted by Crippen LogP contribution is 2.37. The maximum Gasteiger partial charge on any atom is 0.187 e. The normalized spacial score (nSPS) is 45.6. The number of aliphatic hydroxyl groups excluding tert-OH is 7. The van der Waals surface area contributed by atoms with E-state index in [4.69, 9.17) is 41.3 Å². The molecule has 254 valence electrons. The van der Waals surface area contributed by atoms with E-state index < -0.39 is 97.2 Å². The van der Waals surface area contributed by atoms with Gasteiger partial charge in [-0.3, -0.25) is 0 Å². The van der Waals surface area contributed by atoms with E-state index in [1.165, 1.54) is 6.92 Å². The number of rotatable bonds is 14. The monoisotopic (exact) mass is 627 g/mol. The summed E-state index contributed by atoms with van der Waals surface area (Å²) in [4.78, 5) is 0. The standard InChI is InChI=1S/C26H53N5O12/c1-26(39)10-40-24(20(38)23(26)30-2)42-21-11(3-4-13(33)6-27)5-14(29)22(19(21)37)43-25-18(36)17(35)16(34)15(41-25)8-31-7-12(28)9-32/h11-25,30-39H,3-10,27-29H2,1-2H3/t11-,12?,13?,14+,15-,16-,17+,18-,19-,20-,21+,22?,23-,24-,25-,26+/m1/s1. The average molecular weight is 628 g/mol. The number of nitrogens with two attached hydrogens (primary N) is 3. The lowest BCUT2D eigenvalue weighted by atomic mass is 9.76. The van der Waals surface area contributed by atoms with Crippen molar-refractivity contribution in [2.75, 3.05) is 39.9 Å². The van der Waals surface area contributed by atoms with Crippen LogP contribution in [0.5, 0.6) is 0 Å². The van der Waals surface area contributed by atoms with Crippen molar-refractivity contribution in [2.45, 2.75) is 117 Å². The Kier molecular flexibility index (Phi) is 13.9. The predicted octanol–water partition coefficient (Wildman–Crippen LogP) is -6.66. The van der Waals surface area contributed by atoms with Crippen molar-refractivity contribution in [3.63, 3.8) is 0 Å². The lowest BCUT2D eigenvalue weighted by Crippen LogP contribution is -2.67. The Labute approximate surface area is 251 Å². The maximum atomic E-state index is 11.5. The van der Waals surface area contributed by atoms with Crippen LogP contribution in [-0.4, -0.2) is 172 Å². The molecule has 0 aromatic carbocycles. The molecule has 0 radical (unpaired) electrons. The Balaban J connectivity index is 1.77. The van der Waals surface area contributed by atoms with Crippen LogP contribution in [-0.2, 0) is 18.9 Å². The molecule has 0 aromatic heterocycles. The fraction of sp³-hybridized carbons (Fsp3) is 1.00. The van der Waals surface area contributed by atoms with Gasteiger partial charge in [0.1, 0.15) is 48.3 Å². The Hall–Kier alpha value is -0.680. The molecule has 17 heteroatoms. The van der Waals surface area contributed by atoms with E-state index in [0.717, 1.165) is 0 Å². The Bertz CT molecular complexity index is 835. The van der Waals surface area contributed by atoms with Crippen LogP contribution in [0.15, 0.2) is 0 Å². The van der Waals surface area contributed by atoms with Gasteiger partial charge < -0.3 is 87.6 Å². The zero-order chi connectivity index (χ0) is 32.1. The first-order chi connectivity index (χ1) is 20.2. The number of aliphatic hydroxyl groups is 8. The van der Waals surface area contributed by atoms with Crippen LogP contribution in [0, 0.1) is 5.92 Å². The molecular weight excluding hydrogens is 574 g/mol. The Morgan fingerprint density at radius 3 is 2.30 bits per heavy atom. The largest absolute Gasteiger partial charge is 0.395 e. The SMILES string of the molecule is CN[C@@H]1[C@@H](O)[C@@H](O[C@H]2[C@H](CCC(O)CN)C[C@H](N)C(O[C@H]3O[C@H](CNCC(N)CO)[C@@H](O)[C@H](O)[C@H]3O)[C@@H]2O)OC[C@]1(C)O. The highest BCUT2D eigenvalue weighted by atomic mass is 16.7. The molecule has 1 aliphatic carbocycles. The van der Waals surface area contributed by atoms with Crippen molar-refractivity contribution in [1.29, 1.82) is 0 Å². The summed E-state index contributed by atoms with van der Waals surface area (Å²) in [5.74, 6) is -0.436. The van der Waals surface area contributed by atoms with Crippen LogP contribution in [0.3, 0.4) is 0 Å². The van der Waals surface area contributed by atoms with Crippen molar-refractivity contribution in [3.8, 4) is 0 Å². The molecule has 3 aliphatic rings. The van der Waals surface area contributed by atoms with Gasteiger partial charge in [-0.05, 0) is 39.2 Å². The van der Waals surface area contributed by atoms with Gasteiger partial charge in [0.05, 0.1) is 31.5 Å². The van der Waals surface area contributed by atoms with Crippen molar-refractivity contribution < 1.29 is 59.8 Å². The van der Waals surface area contributed by atoms with E-state index in [1.807, 2.05) is 0 Å². The van der Waals surface area contributed by atoms with Gasteiger partial charge in [-0.2, -0.15) is 0 Å². The third kappa shape index (κ3) is 8.99. The summed E-state index contributed by atoms with van der Waals surface area (Å²) >= 11 is 0. The third-order valence-corrected chi connectivity index (χ3v) is 8.66. The van der Waals surface area contributed by atoms with Gasteiger partial charge in [-0.15, -0.1) is 0 Å². The Morgan fingerprint density at radius 2 is 1.67 bits per heavy atom. The molecular formula is C26H53N5O12. The lowest BCUT2D eigenvalue weighted by molar-refractivity contribution is -0.333. The molecule has 17 nitrogen and oxygen atoms in total. The van der Waals surface area contributed by atoms with Crippen LogP contribution in [0.25, 0.3) is 0 Å². The first-order valence-corrected chi connectivity index (χ1v) is 14.8. The fourth-order valence-electron chi connectivity index (χ4n) is 6.06. The van der Waals surface area contributed by atoms with Gasteiger partial charge in [0.25, 0.3) is 0 Å². The van der Waals surface area contributed by atoms with Crippen molar-refractivity contribution >= 4 is 0 Å². The number of hydrogen-bond donors (Lipinski definition) is 13. The summed E-state index contributed by atoms with van der Waals surface area (Å²) in [6.45, 7) is 1.31. The second-order valence-electron chi connectivity index (χ2n) is 12.2. The number of ether oxygens (including phenoxy) is 4. The van der Waals surface area contributed by atoms with E-state index in [9.17, 15) is 35.7 Å². The molecule has 1 saturated carbocycles. The van der Waals surface area contributed by atoms with Crippen molar-refractivity contribution in [1.82, 2.24) is 10.6 Å². The summed E-state index contributed by atoms with van der Waals surface area (Å²) in [7, 11) is 1.57. The molecule has 3 rings (SSSR count). The molecule has 2 aliphatic heterocycles. The predicted molar refractivity (Wildman–Crippen MR) is 150 cm³/mol. The molecule has 0 amide bonds. The van der Waals surface area contributed by atoms with E-state index in [0.29, 0.717) is 6.42 Å². The minimum Gasteiger partial charge on any atom is -0.395 e. The van der Waals surface area contributed by atoms with Crippen molar-refractivity contribution in [3.05, 3.63) is 0 Å². The quantitative estimate of drug-likeness (QED) is 0.0851.